The quantitative estimate of drug-likeness (QED) is 0.558. The van der Waals surface area contributed by atoms with Crippen LogP contribution in [0.25, 0.3) is 0 Å². The number of carbonyl (C=O) groups is 1. The monoisotopic (exact) mass is 410 g/mol. The molecule has 162 valence electrons. The number of rotatable bonds is 11. The first-order valence-electron chi connectivity index (χ1n) is 11.1. The number of hydrogen-bond acceptors (Lipinski definition) is 4. The topological polar surface area (TPSA) is 61.8 Å². The van der Waals surface area contributed by atoms with E-state index >= 15 is 0 Å². The van der Waals surface area contributed by atoms with E-state index in [0.717, 1.165) is 50.9 Å². The number of nitrogens with zero attached hydrogens (tertiary/aromatic N) is 1. The van der Waals surface area contributed by atoms with Crippen molar-refractivity contribution in [3.05, 3.63) is 71.3 Å². The maximum Gasteiger partial charge on any atom is 0.220 e. The summed E-state index contributed by atoms with van der Waals surface area (Å²) >= 11 is 0. The van der Waals surface area contributed by atoms with Gasteiger partial charge in [0.25, 0.3) is 0 Å². The lowest BCUT2D eigenvalue weighted by Crippen LogP contribution is -2.35. The summed E-state index contributed by atoms with van der Waals surface area (Å²) in [4.78, 5) is 14.4. The first-order valence-corrected chi connectivity index (χ1v) is 11.1. The summed E-state index contributed by atoms with van der Waals surface area (Å²) in [5.74, 6) is 0.0672. The molecule has 0 bridgehead atoms. The van der Waals surface area contributed by atoms with Gasteiger partial charge in [-0.05, 0) is 42.4 Å². The van der Waals surface area contributed by atoms with Gasteiger partial charge in [-0.1, -0.05) is 54.6 Å². The van der Waals surface area contributed by atoms with E-state index in [4.69, 9.17) is 4.74 Å². The van der Waals surface area contributed by atoms with Crippen molar-refractivity contribution < 1.29 is 14.6 Å². The molecule has 1 aliphatic heterocycles. The summed E-state index contributed by atoms with van der Waals surface area (Å²) < 4.78 is 5.63. The molecule has 0 atom stereocenters. The minimum absolute atomic E-state index is 0.0672. The number of aliphatic hydroxyl groups excluding tert-OH is 1. The Labute approximate surface area is 180 Å². The van der Waals surface area contributed by atoms with Crippen LogP contribution in [0.5, 0.6) is 0 Å². The third-order valence-electron chi connectivity index (χ3n) is 5.55. The Morgan fingerprint density at radius 2 is 1.67 bits per heavy atom. The van der Waals surface area contributed by atoms with Gasteiger partial charge >= 0.3 is 0 Å². The number of aliphatic hydroxyl groups is 1. The zero-order chi connectivity index (χ0) is 21.0. The maximum atomic E-state index is 12.0. The van der Waals surface area contributed by atoms with Crippen LogP contribution in [0.15, 0.2) is 54.6 Å². The highest BCUT2D eigenvalue weighted by molar-refractivity contribution is 5.75. The number of ether oxygens (including phenoxy) is 1. The second-order valence-electron chi connectivity index (χ2n) is 8.05. The van der Waals surface area contributed by atoms with E-state index in [-0.39, 0.29) is 12.0 Å². The predicted octanol–water partition coefficient (Wildman–Crippen LogP) is 3.30. The Morgan fingerprint density at radius 3 is 2.40 bits per heavy atom. The van der Waals surface area contributed by atoms with Gasteiger partial charge in [0.2, 0.25) is 5.91 Å². The number of carbonyl (C=O) groups excluding carboxylic acids is 1. The number of benzene rings is 2. The van der Waals surface area contributed by atoms with Crippen LogP contribution in [0.2, 0.25) is 0 Å². The third-order valence-corrected chi connectivity index (χ3v) is 5.55. The highest BCUT2D eigenvalue weighted by Crippen LogP contribution is 2.14. The fourth-order valence-corrected chi connectivity index (χ4v) is 3.66. The lowest BCUT2D eigenvalue weighted by molar-refractivity contribution is -0.121. The third kappa shape index (κ3) is 8.27. The van der Waals surface area contributed by atoms with Crippen molar-refractivity contribution in [3.8, 4) is 0 Å². The zero-order valence-electron chi connectivity index (χ0n) is 17.8. The molecule has 1 aliphatic rings. The Hall–Kier alpha value is -2.21. The largest absolute Gasteiger partial charge is 0.393 e. The summed E-state index contributed by atoms with van der Waals surface area (Å²) in [5.41, 5.74) is 3.66. The van der Waals surface area contributed by atoms with Crippen molar-refractivity contribution in [1.29, 1.82) is 0 Å². The van der Waals surface area contributed by atoms with Crippen LogP contribution in [0, 0.1) is 0 Å². The van der Waals surface area contributed by atoms with Crippen molar-refractivity contribution in [2.24, 2.45) is 0 Å². The lowest BCUT2D eigenvalue weighted by Gasteiger charge is -2.29. The van der Waals surface area contributed by atoms with Gasteiger partial charge in [-0.3, -0.25) is 9.69 Å². The Bertz CT molecular complexity index is 741. The highest BCUT2D eigenvalue weighted by atomic mass is 16.5. The maximum absolute atomic E-state index is 12.0. The van der Waals surface area contributed by atoms with E-state index < -0.39 is 0 Å². The van der Waals surface area contributed by atoms with Gasteiger partial charge in [-0.2, -0.15) is 0 Å². The van der Waals surface area contributed by atoms with E-state index in [1.165, 1.54) is 11.1 Å². The molecule has 0 aliphatic carbocycles. The van der Waals surface area contributed by atoms with Gasteiger partial charge in [0, 0.05) is 39.2 Å². The van der Waals surface area contributed by atoms with Gasteiger partial charge in [-0.15, -0.1) is 0 Å². The summed E-state index contributed by atoms with van der Waals surface area (Å²) in [6.07, 6.45) is 3.73. The molecular weight excluding hydrogens is 376 g/mol. The number of amides is 1. The number of likely N-dealkylation sites (tertiary alicyclic amines) is 1. The Balaban J connectivity index is 1.24. The average molecular weight is 411 g/mol. The van der Waals surface area contributed by atoms with Gasteiger partial charge in [-0.25, -0.2) is 0 Å². The van der Waals surface area contributed by atoms with Gasteiger partial charge in [0.1, 0.15) is 0 Å². The second kappa shape index (κ2) is 12.5. The van der Waals surface area contributed by atoms with Crippen LogP contribution >= 0.6 is 0 Å². The highest BCUT2D eigenvalue weighted by Gasteiger charge is 2.16. The van der Waals surface area contributed by atoms with Crippen molar-refractivity contribution in [2.45, 2.75) is 51.3 Å². The molecule has 1 heterocycles. The molecule has 0 radical (unpaired) electrons. The van der Waals surface area contributed by atoms with Crippen LogP contribution < -0.4 is 5.32 Å². The molecule has 5 nitrogen and oxygen atoms in total. The summed E-state index contributed by atoms with van der Waals surface area (Å²) in [5, 5.41) is 12.6. The van der Waals surface area contributed by atoms with E-state index in [2.05, 4.69) is 46.6 Å². The number of piperidine rings is 1. The van der Waals surface area contributed by atoms with Crippen LogP contribution in [0.1, 0.15) is 42.4 Å². The van der Waals surface area contributed by atoms with Crippen molar-refractivity contribution in [2.75, 3.05) is 26.3 Å². The average Bonchev–Trinajstić information content (AvgIpc) is 2.78. The molecule has 0 unspecified atom stereocenters. The molecule has 2 aromatic rings. The van der Waals surface area contributed by atoms with Gasteiger partial charge in [0.05, 0.1) is 12.7 Å². The molecule has 1 fully saturated rings. The minimum Gasteiger partial charge on any atom is -0.393 e. The summed E-state index contributed by atoms with van der Waals surface area (Å²) in [7, 11) is 0. The zero-order valence-corrected chi connectivity index (χ0v) is 17.8. The molecule has 1 saturated heterocycles. The molecule has 2 aromatic carbocycles. The minimum atomic E-state index is -0.131. The fraction of sp³-hybridized carbons (Fsp3) is 0.480. The van der Waals surface area contributed by atoms with E-state index in [1.54, 1.807) is 0 Å². The summed E-state index contributed by atoms with van der Waals surface area (Å²) in [6, 6.07) is 18.7. The number of nitrogens with one attached hydrogen (secondary N) is 1. The molecule has 5 heteroatoms. The van der Waals surface area contributed by atoms with Crippen molar-refractivity contribution in [1.82, 2.24) is 10.2 Å². The first kappa shape index (κ1) is 22.5. The molecule has 0 saturated carbocycles. The van der Waals surface area contributed by atoms with E-state index in [1.807, 2.05) is 18.2 Å². The Morgan fingerprint density at radius 1 is 0.967 bits per heavy atom. The standard InChI is InChI=1S/C25H34N2O3/c28-24-12-15-27(16-13-24)20-23-10-8-22(9-11-23)19-26-25(29)7-4-17-30-18-14-21-5-2-1-3-6-21/h1-3,5-6,8-11,24,28H,4,7,12-20H2,(H,26,29). The molecule has 0 spiro atoms. The SMILES string of the molecule is O=C(CCCOCCc1ccccc1)NCc1ccc(CN2CCC(O)CC2)cc1. The molecule has 0 aromatic heterocycles. The predicted molar refractivity (Wildman–Crippen MR) is 119 cm³/mol. The normalized spacial score (nSPS) is 15.2. The van der Waals surface area contributed by atoms with Crippen molar-refractivity contribution in [3.63, 3.8) is 0 Å². The lowest BCUT2D eigenvalue weighted by atomic mass is 10.1. The first-order chi connectivity index (χ1) is 14.7. The van der Waals surface area contributed by atoms with Gasteiger partial charge in [0.15, 0.2) is 0 Å². The summed E-state index contributed by atoms with van der Waals surface area (Å²) in [6.45, 7) is 4.69. The van der Waals surface area contributed by atoms with Gasteiger partial charge < -0.3 is 15.2 Å². The molecule has 3 rings (SSSR count). The molecular formula is C25H34N2O3. The molecule has 30 heavy (non-hydrogen) atoms. The van der Waals surface area contributed by atoms with E-state index in [0.29, 0.717) is 26.2 Å². The van der Waals surface area contributed by atoms with Crippen LogP contribution in [0.4, 0.5) is 0 Å². The van der Waals surface area contributed by atoms with E-state index in [9.17, 15) is 9.90 Å². The fourth-order valence-electron chi connectivity index (χ4n) is 3.66. The Kier molecular flexibility index (Phi) is 9.35. The van der Waals surface area contributed by atoms with Crippen LogP contribution in [0.3, 0.4) is 0 Å². The van der Waals surface area contributed by atoms with Crippen LogP contribution in [-0.2, 0) is 29.0 Å². The van der Waals surface area contributed by atoms with Crippen molar-refractivity contribution >= 4 is 5.91 Å². The number of hydrogen-bond donors (Lipinski definition) is 2. The second-order valence-corrected chi connectivity index (χ2v) is 8.05. The molecule has 1 amide bonds. The van der Waals surface area contributed by atoms with Crippen LogP contribution in [-0.4, -0.2) is 48.3 Å². The molecule has 2 N–H and O–H groups in total. The smallest absolute Gasteiger partial charge is 0.220 e.